The van der Waals surface area contributed by atoms with E-state index in [0.29, 0.717) is 12.5 Å². The van der Waals surface area contributed by atoms with E-state index in [1.165, 1.54) is 29.4 Å². The van der Waals surface area contributed by atoms with Crippen LogP contribution in [0.2, 0.25) is 0 Å². The number of hydrogen-bond donors (Lipinski definition) is 2. The molecule has 146 valence electrons. The Labute approximate surface area is 170 Å². The monoisotopic (exact) mass is 393 g/mol. The molecule has 3 aromatic rings. The molecule has 28 heavy (non-hydrogen) atoms. The number of anilines is 1. The number of benzene rings is 2. The van der Waals surface area contributed by atoms with Crippen molar-refractivity contribution < 1.29 is 4.79 Å². The lowest BCUT2D eigenvalue weighted by Crippen LogP contribution is -2.35. The number of rotatable bonds is 6. The van der Waals surface area contributed by atoms with Gasteiger partial charge in [-0.25, -0.2) is 0 Å². The summed E-state index contributed by atoms with van der Waals surface area (Å²) in [6.45, 7) is 1.84. The minimum Gasteiger partial charge on any atom is -0.357 e. The Balaban J connectivity index is 1.41. The Morgan fingerprint density at radius 1 is 1.18 bits per heavy atom. The van der Waals surface area contributed by atoms with Crippen molar-refractivity contribution in [1.29, 1.82) is 0 Å². The minimum atomic E-state index is 0.0856. The van der Waals surface area contributed by atoms with Crippen LogP contribution in [0.3, 0.4) is 0 Å². The second kappa shape index (κ2) is 8.84. The molecule has 5 heteroatoms. The lowest BCUT2D eigenvalue weighted by atomic mass is 9.99. The van der Waals surface area contributed by atoms with E-state index in [0.717, 1.165) is 30.1 Å². The zero-order chi connectivity index (χ0) is 19.3. The van der Waals surface area contributed by atoms with Crippen molar-refractivity contribution in [2.24, 2.45) is 0 Å². The van der Waals surface area contributed by atoms with E-state index in [9.17, 15) is 4.79 Å². The molecule has 1 saturated heterocycles. The molecule has 1 aromatic heterocycles. The van der Waals surface area contributed by atoms with Gasteiger partial charge in [0.25, 0.3) is 0 Å². The van der Waals surface area contributed by atoms with Gasteiger partial charge < -0.3 is 10.3 Å². The summed E-state index contributed by atoms with van der Waals surface area (Å²) in [5.41, 5.74) is 3.37. The molecule has 1 atom stereocenters. The maximum Gasteiger partial charge on any atom is 0.225 e. The summed E-state index contributed by atoms with van der Waals surface area (Å²) in [5, 5.41) is 4.34. The lowest BCUT2D eigenvalue weighted by Gasteiger charge is -2.35. The highest BCUT2D eigenvalue weighted by Crippen LogP contribution is 2.32. The average Bonchev–Trinajstić information content (AvgIpc) is 3.17. The Hall–Kier alpha value is -2.24. The highest BCUT2D eigenvalue weighted by atomic mass is 32.2. The molecule has 1 unspecified atom stereocenters. The number of nitrogens with zero attached hydrogens (tertiary/aromatic N) is 1. The van der Waals surface area contributed by atoms with Gasteiger partial charge in [0, 0.05) is 35.1 Å². The molecule has 1 aliphatic rings. The third-order valence-corrected chi connectivity index (χ3v) is 6.33. The lowest BCUT2D eigenvalue weighted by molar-refractivity contribution is -0.116. The summed E-state index contributed by atoms with van der Waals surface area (Å²) < 4.78 is 0. The Morgan fingerprint density at radius 3 is 2.86 bits per heavy atom. The van der Waals surface area contributed by atoms with Crippen molar-refractivity contribution in [3.05, 3.63) is 60.3 Å². The normalized spacial score (nSPS) is 17.7. The summed E-state index contributed by atoms with van der Waals surface area (Å²) in [7, 11) is 0. The van der Waals surface area contributed by atoms with Crippen molar-refractivity contribution >= 4 is 34.3 Å². The third-order valence-electron chi connectivity index (χ3n) is 5.53. The minimum absolute atomic E-state index is 0.0856. The molecular weight excluding hydrogens is 366 g/mol. The first-order chi connectivity index (χ1) is 13.7. The van der Waals surface area contributed by atoms with Crippen LogP contribution in [0.4, 0.5) is 5.69 Å². The van der Waals surface area contributed by atoms with Crippen LogP contribution < -0.4 is 5.32 Å². The molecule has 1 fully saturated rings. The fraction of sp³-hybridized carbons (Fsp3) is 0.348. The zero-order valence-corrected chi connectivity index (χ0v) is 17.1. The number of H-pyrrole nitrogens is 1. The number of aromatic nitrogens is 1. The molecular formula is C23H27N3OS. The van der Waals surface area contributed by atoms with Gasteiger partial charge in [0.05, 0.1) is 5.69 Å². The van der Waals surface area contributed by atoms with Gasteiger partial charge in [-0.15, -0.1) is 11.8 Å². The van der Waals surface area contributed by atoms with E-state index >= 15 is 0 Å². The van der Waals surface area contributed by atoms with E-state index in [1.807, 2.05) is 30.5 Å². The molecule has 1 amide bonds. The number of carbonyl (C=O) groups is 1. The van der Waals surface area contributed by atoms with Crippen molar-refractivity contribution in [3.8, 4) is 0 Å². The van der Waals surface area contributed by atoms with Gasteiger partial charge in [0.15, 0.2) is 0 Å². The van der Waals surface area contributed by atoms with Crippen LogP contribution in [0.1, 0.15) is 37.4 Å². The number of carbonyl (C=O) groups excluding carboxylic acids is 1. The van der Waals surface area contributed by atoms with Crippen LogP contribution >= 0.6 is 11.8 Å². The largest absolute Gasteiger partial charge is 0.357 e. The maximum atomic E-state index is 12.6. The van der Waals surface area contributed by atoms with E-state index < -0.39 is 0 Å². The summed E-state index contributed by atoms with van der Waals surface area (Å²) in [5.74, 6) is 0.0856. The first kappa shape index (κ1) is 19.1. The van der Waals surface area contributed by atoms with Crippen LogP contribution in [0.25, 0.3) is 10.9 Å². The number of piperidine rings is 1. The second-order valence-corrected chi connectivity index (χ2v) is 8.21. The quantitative estimate of drug-likeness (QED) is 0.548. The molecule has 2 aromatic carbocycles. The summed E-state index contributed by atoms with van der Waals surface area (Å²) >= 11 is 1.65. The molecule has 4 rings (SSSR count). The number of hydrogen-bond acceptors (Lipinski definition) is 3. The second-order valence-electron chi connectivity index (χ2n) is 7.36. The van der Waals surface area contributed by atoms with Crippen molar-refractivity contribution in [3.63, 3.8) is 0 Å². The smallest absolute Gasteiger partial charge is 0.225 e. The molecule has 0 aliphatic carbocycles. The van der Waals surface area contributed by atoms with Gasteiger partial charge in [-0.05, 0) is 55.3 Å². The van der Waals surface area contributed by atoms with Gasteiger partial charge in [-0.1, -0.05) is 36.8 Å². The summed E-state index contributed by atoms with van der Waals surface area (Å²) in [4.78, 5) is 19.7. The van der Waals surface area contributed by atoms with Crippen molar-refractivity contribution in [2.45, 2.75) is 36.6 Å². The summed E-state index contributed by atoms with van der Waals surface area (Å²) in [6.07, 6.45) is 6.13. The molecule has 2 heterocycles. The predicted octanol–water partition coefficient (Wildman–Crippen LogP) is 5.45. The fourth-order valence-corrected chi connectivity index (χ4v) is 4.65. The number of amides is 1. The van der Waals surface area contributed by atoms with Gasteiger partial charge in [0.1, 0.15) is 0 Å². The van der Waals surface area contributed by atoms with Crippen molar-refractivity contribution in [1.82, 2.24) is 9.88 Å². The number of likely N-dealkylation sites (tertiary alicyclic amines) is 1. The predicted molar refractivity (Wildman–Crippen MR) is 118 cm³/mol. The SMILES string of the molecule is CSc1ccccc1NC(=O)CCN1CCCCC1c1cc2ccccc2[nH]1. The molecule has 0 radical (unpaired) electrons. The van der Waals surface area contributed by atoms with Gasteiger partial charge in [0.2, 0.25) is 5.91 Å². The molecule has 0 spiro atoms. The molecule has 0 saturated carbocycles. The van der Waals surface area contributed by atoms with Crippen LogP contribution in [-0.2, 0) is 4.79 Å². The Bertz CT molecular complexity index is 919. The first-order valence-electron chi connectivity index (χ1n) is 9.99. The number of fused-ring (bicyclic) bond motifs is 1. The summed E-state index contributed by atoms with van der Waals surface area (Å²) in [6, 6.07) is 19.0. The Kier molecular flexibility index (Phi) is 6.03. The van der Waals surface area contributed by atoms with E-state index in [4.69, 9.17) is 0 Å². The van der Waals surface area contributed by atoms with Crippen molar-refractivity contribution in [2.75, 3.05) is 24.7 Å². The highest BCUT2D eigenvalue weighted by molar-refractivity contribution is 7.98. The van der Waals surface area contributed by atoms with Crippen LogP contribution in [-0.4, -0.2) is 35.1 Å². The van der Waals surface area contributed by atoms with Gasteiger partial charge in [-0.3, -0.25) is 9.69 Å². The van der Waals surface area contributed by atoms with Crippen LogP contribution in [0.5, 0.6) is 0 Å². The van der Waals surface area contributed by atoms with Gasteiger partial charge >= 0.3 is 0 Å². The fourth-order valence-electron chi connectivity index (χ4n) is 4.09. The molecule has 0 bridgehead atoms. The van der Waals surface area contributed by atoms with Gasteiger partial charge in [-0.2, -0.15) is 0 Å². The van der Waals surface area contributed by atoms with Crippen LogP contribution in [0.15, 0.2) is 59.5 Å². The number of aromatic amines is 1. The zero-order valence-electron chi connectivity index (χ0n) is 16.3. The topological polar surface area (TPSA) is 48.1 Å². The third kappa shape index (κ3) is 4.26. The van der Waals surface area contributed by atoms with E-state index in [-0.39, 0.29) is 5.91 Å². The molecule has 2 N–H and O–H groups in total. The maximum absolute atomic E-state index is 12.6. The van der Waals surface area contributed by atoms with Crippen LogP contribution in [0, 0.1) is 0 Å². The Morgan fingerprint density at radius 2 is 2.00 bits per heavy atom. The number of para-hydroxylation sites is 2. The first-order valence-corrected chi connectivity index (χ1v) is 11.2. The van der Waals surface area contributed by atoms with E-state index in [1.54, 1.807) is 11.8 Å². The average molecular weight is 394 g/mol. The molecule has 4 nitrogen and oxygen atoms in total. The molecule has 1 aliphatic heterocycles. The standard InChI is InChI=1S/C23H27N3OS/c1-28-22-12-5-4-10-19(22)25-23(27)13-15-26-14-7-6-11-21(26)20-16-17-8-2-3-9-18(17)24-20/h2-5,8-10,12,16,21,24H,6-7,11,13-15H2,1H3,(H,25,27). The van der Waals surface area contributed by atoms with E-state index in [2.05, 4.69) is 45.5 Å². The highest BCUT2D eigenvalue weighted by Gasteiger charge is 2.25. The number of nitrogens with one attached hydrogen (secondary N) is 2. The number of thioether (sulfide) groups is 1.